The maximum atomic E-state index is 11.2. The van der Waals surface area contributed by atoms with Gasteiger partial charge in [-0.05, 0) is 12.8 Å². The lowest BCUT2D eigenvalue weighted by molar-refractivity contribution is -0.129. The first-order valence-electron chi connectivity index (χ1n) is 3.93. The zero-order chi connectivity index (χ0) is 8.97. The Morgan fingerprint density at radius 3 is 3.00 bits per heavy atom. The Kier molecular flexibility index (Phi) is 3.56. The maximum Gasteiger partial charge on any atom is 0.249 e. The van der Waals surface area contributed by atoms with Crippen molar-refractivity contribution in [3.63, 3.8) is 0 Å². The fourth-order valence-corrected chi connectivity index (χ4v) is 1.15. The Morgan fingerprint density at radius 1 is 1.75 bits per heavy atom. The minimum absolute atomic E-state index is 0.0886. The summed E-state index contributed by atoms with van der Waals surface area (Å²) in [5.41, 5.74) is 0. The lowest BCUT2D eigenvalue weighted by Gasteiger charge is -2.08. The molecule has 68 valence electrons. The van der Waals surface area contributed by atoms with Crippen molar-refractivity contribution in [3.8, 4) is 0 Å². The molecule has 1 heterocycles. The van der Waals surface area contributed by atoms with Crippen LogP contribution in [0, 0.1) is 0 Å². The molecule has 0 aromatic rings. The number of carbonyl (C=O) groups is 1. The van der Waals surface area contributed by atoms with Gasteiger partial charge in [-0.15, -0.1) is 0 Å². The molecule has 1 aliphatic rings. The fraction of sp³-hybridized carbons (Fsp3) is 0.625. The average Bonchev–Trinajstić information content (AvgIpc) is 2.51. The summed E-state index contributed by atoms with van der Waals surface area (Å²) in [6, 6.07) is 0. The van der Waals surface area contributed by atoms with Crippen molar-refractivity contribution in [2.75, 3.05) is 13.2 Å². The number of amides is 1. The van der Waals surface area contributed by atoms with Gasteiger partial charge in [-0.3, -0.25) is 4.79 Å². The second-order valence-corrected chi connectivity index (χ2v) is 3.27. The molecule has 0 bridgehead atoms. The minimum atomic E-state index is -0.277. The Balaban J connectivity index is 2.23. The van der Waals surface area contributed by atoms with Gasteiger partial charge in [0.25, 0.3) is 0 Å². The molecule has 1 fully saturated rings. The summed E-state index contributed by atoms with van der Waals surface area (Å²) in [5, 5.41) is 3.06. The molecular weight excluding hydrogens is 178 g/mol. The summed E-state index contributed by atoms with van der Waals surface area (Å²) in [5.74, 6) is -0.0886. The van der Waals surface area contributed by atoms with Gasteiger partial charge < -0.3 is 10.1 Å². The van der Waals surface area contributed by atoms with E-state index in [9.17, 15) is 4.79 Å². The van der Waals surface area contributed by atoms with Gasteiger partial charge in [-0.2, -0.15) is 0 Å². The predicted octanol–water partition coefficient (Wildman–Crippen LogP) is 1.03. The molecule has 1 unspecified atom stereocenters. The smallest absolute Gasteiger partial charge is 0.249 e. The molecular formula is C8H12ClNO2. The van der Waals surface area contributed by atoms with E-state index in [1.54, 1.807) is 0 Å². The lowest BCUT2D eigenvalue weighted by atomic mass is 10.2. The molecule has 1 aliphatic heterocycles. The molecule has 12 heavy (non-hydrogen) atoms. The number of hydrogen-bond acceptors (Lipinski definition) is 2. The Morgan fingerprint density at radius 2 is 2.50 bits per heavy atom. The minimum Gasteiger partial charge on any atom is -0.368 e. The van der Waals surface area contributed by atoms with Crippen LogP contribution >= 0.6 is 11.6 Å². The van der Waals surface area contributed by atoms with Gasteiger partial charge in [0.15, 0.2) is 0 Å². The molecule has 0 aromatic carbocycles. The first-order valence-corrected chi connectivity index (χ1v) is 4.30. The van der Waals surface area contributed by atoms with Gasteiger partial charge in [0, 0.05) is 11.6 Å². The molecule has 1 rings (SSSR count). The number of nitrogens with one attached hydrogen (secondary N) is 1. The Bertz CT molecular complexity index is 187. The van der Waals surface area contributed by atoms with Crippen molar-refractivity contribution >= 4 is 17.5 Å². The summed E-state index contributed by atoms with van der Waals surface area (Å²) in [6.07, 6.45) is 1.49. The fourth-order valence-electron chi connectivity index (χ4n) is 1.08. The third kappa shape index (κ3) is 2.83. The number of rotatable bonds is 3. The first kappa shape index (κ1) is 9.55. The monoisotopic (exact) mass is 189 g/mol. The third-order valence-corrected chi connectivity index (χ3v) is 1.81. The van der Waals surface area contributed by atoms with E-state index in [2.05, 4.69) is 11.9 Å². The molecule has 1 amide bonds. The largest absolute Gasteiger partial charge is 0.368 e. The molecule has 0 spiro atoms. The van der Waals surface area contributed by atoms with Crippen LogP contribution in [0.2, 0.25) is 0 Å². The van der Waals surface area contributed by atoms with Gasteiger partial charge in [0.05, 0.1) is 6.54 Å². The van der Waals surface area contributed by atoms with Gasteiger partial charge in [-0.25, -0.2) is 0 Å². The van der Waals surface area contributed by atoms with E-state index in [0.29, 0.717) is 18.2 Å². The van der Waals surface area contributed by atoms with E-state index in [1.165, 1.54) is 0 Å². The molecule has 0 saturated carbocycles. The number of halogens is 1. The van der Waals surface area contributed by atoms with Crippen LogP contribution in [0.25, 0.3) is 0 Å². The molecule has 0 aliphatic carbocycles. The summed E-state index contributed by atoms with van der Waals surface area (Å²) in [6.45, 7) is 4.46. The molecule has 4 heteroatoms. The van der Waals surface area contributed by atoms with Crippen molar-refractivity contribution < 1.29 is 9.53 Å². The van der Waals surface area contributed by atoms with Crippen molar-refractivity contribution in [1.29, 1.82) is 0 Å². The van der Waals surface area contributed by atoms with Crippen LogP contribution < -0.4 is 5.32 Å². The SMILES string of the molecule is C=C(Cl)CNC(=O)C1CCCO1. The number of ether oxygens (including phenoxy) is 1. The van der Waals surface area contributed by atoms with Crippen LogP contribution in [0.3, 0.4) is 0 Å². The van der Waals surface area contributed by atoms with Crippen LogP contribution in [0.15, 0.2) is 11.6 Å². The van der Waals surface area contributed by atoms with Crippen molar-refractivity contribution in [2.45, 2.75) is 18.9 Å². The topological polar surface area (TPSA) is 38.3 Å². The molecule has 0 aromatic heterocycles. The highest BCUT2D eigenvalue weighted by molar-refractivity contribution is 6.29. The molecule has 3 nitrogen and oxygen atoms in total. The van der Waals surface area contributed by atoms with Crippen LogP contribution in [0.5, 0.6) is 0 Å². The van der Waals surface area contributed by atoms with Crippen molar-refractivity contribution in [3.05, 3.63) is 11.6 Å². The summed E-state index contributed by atoms with van der Waals surface area (Å²) in [7, 11) is 0. The molecule has 0 radical (unpaired) electrons. The van der Waals surface area contributed by atoms with Gasteiger partial charge in [0.1, 0.15) is 6.10 Å². The molecule has 1 saturated heterocycles. The van der Waals surface area contributed by atoms with Crippen LogP contribution in [-0.2, 0) is 9.53 Å². The normalized spacial score (nSPS) is 22.2. The van der Waals surface area contributed by atoms with Crippen LogP contribution in [0.1, 0.15) is 12.8 Å². The van der Waals surface area contributed by atoms with Gasteiger partial charge >= 0.3 is 0 Å². The first-order chi connectivity index (χ1) is 5.70. The quantitative estimate of drug-likeness (QED) is 0.721. The number of carbonyl (C=O) groups excluding carboxylic acids is 1. The number of hydrogen-bond donors (Lipinski definition) is 1. The maximum absolute atomic E-state index is 11.2. The molecule has 1 atom stereocenters. The predicted molar refractivity (Wildman–Crippen MR) is 47.0 cm³/mol. The van der Waals surface area contributed by atoms with Gasteiger partial charge in [-0.1, -0.05) is 18.2 Å². The molecule has 1 N–H and O–H groups in total. The van der Waals surface area contributed by atoms with Crippen molar-refractivity contribution in [2.24, 2.45) is 0 Å². The van der Waals surface area contributed by atoms with E-state index >= 15 is 0 Å². The van der Waals surface area contributed by atoms with E-state index in [4.69, 9.17) is 16.3 Å². The van der Waals surface area contributed by atoms with E-state index in [0.717, 1.165) is 12.8 Å². The highest BCUT2D eigenvalue weighted by Gasteiger charge is 2.22. The standard InChI is InChI=1S/C8H12ClNO2/c1-6(9)5-10-8(11)7-3-2-4-12-7/h7H,1-5H2,(H,10,11). The average molecular weight is 190 g/mol. The second kappa shape index (κ2) is 4.48. The zero-order valence-electron chi connectivity index (χ0n) is 6.81. The Hall–Kier alpha value is -0.540. The van der Waals surface area contributed by atoms with E-state index in [1.807, 2.05) is 0 Å². The second-order valence-electron chi connectivity index (χ2n) is 2.74. The van der Waals surface area contributed by atoms with Gasteiger partial charge in [0.2, 0.25) is 5.91 Å². The van der Waals surface area contributed by atoms with Crippen molar-refractivity contribution in [1.82, 2.24) is 5.32 Å². The Labute approximate surface area is 76.7 Å². The van der Waals surface area contributed by atoms with Crippen LogP contribution in [0.4, 0.5) is 0 Å². The van der Waals surface area contributed by atoms with E-state index < -0.39 is 0 Å². The lowest BCUT2D eigenvalue weighted by Crippen LogP contribution is -2.34. The summed E-state index contributed by atoms with van der Waals surface area (Å²) >= 11 is 5.48. The summed E-state index contributed by atoms with van der Waals surface area (Å²) < 4.78 is 5.16. The van der Waals surface area contributed by atoms with Crippen LogP contribution in [-0.4, -0.2) is 25.2 Å². The summed E-state index contributed by atoms with van der Waals surface area (Å²) in [4.78, 5) is 11.2. The highest BCUT2D eigenvalue weighted by Crippen LogP contribution is 2.11. The van der Waals surface area contributed by atoms with E-state index in [-0.39, 0.29) is 12.0 Å². The highest BCUT2D eigenvalue weighted by atomic mass is 35.5. The zero-order valence-corrected chi connectivity index (χ0v) is 7.56. The third-order valence-electron chi connectivity index (χ3n) is 1.68.